The zero-order valence-electron chi connectivity index (χ0n) is 13.8. The Balaban J connectivity index is 1.81. The lowest BCUT2D eigenvalue weighted by Crippen LogP contribution is -2.46. The van der Waals surface area contributed by atoms with Crippen LogP contribution in [0.2, 0.25) is 0 Å². The standard InChI is InChI=1S/C17H19F3N4O/c1-21-13-5-3-8-23(11-13)16(25)12-4-2-6-14(10-12)24-9-7-15(22-24)17(18,19)20/h2,4,6-7,9-10,13,21H,3,5,8,11H2,1H3/t13-/m0/s1. The van der Waals surface area contributed by atoms with Crippen LogP contribution in [0.15, 0.2) is 36.5 Å². The summed E-state index contributed by atoms with van der Waals surface area (Å²) in [6.07, 6.45) is -1.31. The third-order valence-corrected chi connectivity index (χ3v) is 4.35. The first-order valence-electron chi connectivity index (χ1n) is 8.08. The van der Waals surface area contributed by atoms with Crippen molar-refractivity contribution < 1.29 is 18.0 Å². The summed E-state index contributed by atoms with van der Waals surface area (Å²) in [7, 11) is 1.87. The number of likely N-dealkylation sites (tertiary alicyclic amines) is 1. The molecule has 1 fully saturated rings. The van der Waals surface area contributed by atoms with Crippen LogP contribution in [-0.4, -0.2) is 46.8 Å². The van der Waals surface area contributed by atoms with Crippen molar-refractivity contribution in [3.63, 3.8) is 0 Å². The van der Waals surface area contributed by atoms with Crippen molar-refractivity contribution in [2.24, 2.45) is 0 Å². The second-order valence-corrected chi connectivity index (χ2v) is 6.07. The third kappa shape index (κ3) is 3.84. The summed E-state index contributed by atoms with van der Waals surface area (Å²) >= 11 is 0. The van der Waals surface area contributed by atoms with Gasteiger partial charge in [0.15, 0.2) is 5.69 Å². The first-order valence-corrected chi connectivity index (χ1v) is 8.08. The SMILES string of the molecule is CN[C@H]1CCCN(C(=O)c2cccc(-n3ccc(C(F)(F)F)n3)c2)C1. The number of hydrogen-bond acceptors (Lipinski definition) is 3. The quantitative estimate of drug-likeness (QED) is 0.924. The minimum absolute atomic E-state index is 0.120. The van der Waals surface area contributed by atoms with Crippen molar-refractivity contribution >= 4 is 5.91 Å². The van der Waals surface area contributed by atoms with E-state index in [2.05, 4.69) is 10.4 Å². The van der Waals surface area contributed by atoms with E-state index < -0.39 is 11.9 Å². The molecule has 0 bridgehead atoms. The molecule has 8 heteroatoms. The number of nitrogens with one attached hydrogen (secondary N) is 1. The average Bonchev–Trinajstić information content (AvgIpc) is 3.12. The van der Waals surface area contributed by atoms with E-state index in [0.717, 1.165) is 23.6 Å². The van der Waals surface area contributed by atoms with Crippen LogP contribution in [0.4, 0.5) is 13.2 Å². The van der Waals surface area contributed by atoms with Crippen LogP contribution in [0.5, 0.6) is 0 Å². The van der Waals surface area contributed by atoms with Crippen molar-refractivity contribution in [2.75, 3.05) is 20.1 Å². The molecule has 0 saturated carbocycles. The molecule has 0 radical (unpaired) electrons. The molecule has 0 spiro atoms. The number of benzene rings is 1. The molecule has 3 rings (SSSR count). The fourth-order valence-electron chi connectivity index (χ4n) is 2.98. The molecule has 0 aliphatic carbocycles. The van der Waals surface area contributed by atoms with Gasteiger partial charge in [0, 0.05) is 30.9 Å². The van der Waals surface area contributed by atoms with Crippen LogP contribution in [-0.2, 0) is 6.18 Å². The lowest BCUT2D eigenvalue weighted by Gasteiger charge is -2.32. The van der Waals surface area contributed by atoms with E-state index in [4.69, 9.17) is 0 Å². The summed E-state index contributed by atoms with van der Waals surface area (Å²) in [6, 6.07) is 7.69. The fraction of sp³-hybridized carbons (Fsp3) is 0.412. The number of rotatable bonds is 3. The van der Waals surface area contributed by atoms with Crippen molar-refractivity contribution in [3.8, 4) is 5.69 Å². The van der Waals surface area contributed by atoms with Gasteiger partial charge in [-0.15, -0.1) is 0 Å². The van der Waals surface area contributed by atoms with Gasteiger partial charge in [0.25, 0.3) is 5.91 Å². The zero-order valence-corrected chi connectivity index (χ0v) is 13.8. The first kappa shape index (κ1) is 17.5. The van der Waals surface area contributed by atoms with Gasteiger partial charge in [0.2, 0.25) is 0 Å². The number of amides is 1. The van der Waals surface area contributed by atoms with Crippen molar-refractivity contribution in [1.82, 2.24) is 20.0 Å². The number of alkyl halides is 3. The van der Waals surface area contributed by atoms with E-state index in [1.165, 1.54) is 6.20 Å². The fourth-order valence-corrected chi connectivity index (χ4v) is 2.98. The van der Waals surface area contributed by atoms with Gasteiger partial charge in [-0.1, -0.05) is 6.07 Å². The second kappa shape index (κ2) is 6.87. The summed E-state index contributed by atoms with van der Waals surface area (Å²) < 4.78 is 39.2. The minimum Gasteiger partial charge on any atom is -0.337 e. The summed E-state index contributed by atoms with van der Waals surface area (Å²) in [5.74, 6) is -0.120. The molecule has 5 nitrogen and oxygen atoms in total. The predicted octanol–water partition coefficient (Wildman–Crippen LogP) is 2.72. The van der Waals surface area contributed by atoms with Gasteiger partial charge >= 0.3 is 6.18 Å². The topological polar surface area (TPSA) is 50.2 Å². The van der Waals surface area contributed by atoms with Gasteiger partial charge in [0.1, 0.15) is 0 Å². The third-order valence-electron chi connectivity index (χ3n) is 4.35. The van der Waals surface area contributed by atoms with Gasteiger partial charge < -0.3 is 10.2 Å². The predicted molar refractivity (Wildman–Crippen MR) is 86.6 cm³/mol. The molecule has 25 heavy (non-hydrogen) atoms. The number of carbonyl (C=O) groups excluding carboxylic acids is 1. The highest BCUT2D eigenvalue weighted by Gasteiger charge is 2.33. The molecule has 1 aliphatic heterocycles. The number of hydrogen-bond donors (Lipinski definition) is 1. The molecule has 1 saturated heterocycles. The Kier molecular flexibility index (Phi) is 4.80. The lowest BCUT2D eigenvalue weighted by atomic mass is 10.0. The molecule has 1 aromatic heterocycles. The molecule has 1 N–H and O–H groups in total. The van der Waals surface area contributed by atoms with Crippen LogP contribution in [0, 0.1) is 0 Å². The Morgan fingerprint density at radius 3 is 2.80 bits per heavy atom. The van der Waals surface area contributed by atoms with Crippen molar-refractivity contribution in [2.45, 2.75) is 25.1 Å². The largest absolute Gasteiger partial charge is 0.435 e. The van der Waals surface area contributed by atoms with Gasteiger partial charge in [0.05, 0.1) is 5.69 Å². The monoisotopic (exact) mass is 352 g/mol. The summed E-state index contributed by atoms with van der Waals surface area (Å²) in [4.78, 5) is 14.5. The highest BCUT2D eigenvalue weighted by Crippen LogP contribution is 2.28. The summed E-state index contributed by atoms with van der Waals surface area (Å²) in [5, 5.41) is 6.73. The maximum absolute atomic E-state index is 12.7. The molecule has 134 valence electrons. The second-order valence-electron chi connectivity index (χ2n) is 6.07. The molecule has 2 aromatic rings. The highest BCUT2D eigenvalue weighted by molar-refractivity contribution is 5.94. The molecule has 2 heterocycles. The Morgan fingerprint density at radius 1 is 1.32 bits per heavy atom. The average molecular weight is 352 g/mol. The minimum atomic E-state index is -4.49. The molecule has 1 aliphatic rings. The van der Waals surface area contributed by atoms with E-state index in [1.54, 1.807) is 29.2 Å². The molecule has 0 unspecified atom stereocenters. The van der Waals surface area contributed by atoms with Crippen molar-refractivity contribution in [3.05, 3.63) is 47.8 Å². The van der Waals surface area contributed by atoms with Gasteiger partial charge in [-0.3, -0.25) is 4.79 Å². The number of piperidine rings is 1. The van der Waals surface area contributed by atoms with Crippen molar-refractivity contribution in [1.29, 1.82) is 0 Å². The Morgan fingerprint density at radius 2 is 2.12 bits per heavy atom. The molecule has 1 amide bonds. The number of nitrogens with zero attached hydrogens (tertiary/aromatic N) is 3. The van der Waals surface area contributed by atoms with E-state index in [1.807, 2.05) is 7.05 Å². The van der Waals surface area contributed by atoms with Gasteiger partial charge in [-0.25, -0.2) is 4.68 Å². The Labute approximate surface area is 143 Å². The van der Waals surface area contributed by atoms with Crippen LogP contribution in [0.3, 0.4) is 0 Å². The number of carbonyl (C=O) groups is 1. The van der Waals surface area contributed by atoms with E-state index in [-0.39, 0.29) is 11.9 Å². The van der Waals surface area contributed by atoms with E-state index in [9.17, 15) is 18.0 Å². The molecule has 1 aromatic carbocycles. The van der Waals surface area contributed by atoms with Gasteiger partial charge in [-0.2, -0.15) is 18.3 Å². The molecule has 1 atom stereocenters. The Bertz CT molecular complexity index is 756. The lowest BCUT2D eigenvalue weighted by molar-refractivity contribution is -0.141. The zero-order chi connectivity index (χ0) is 18.0. The summed E-state index contributed by atoms with van der Waals surface area (Å²) in [5.41, 5.74) is -0.0982. The molecular weight excluding hydrogens is 333 g/mol. The van der Waals surface area contributed by atoms with Crippen LogP contribution in [0.25, 0.3) is 5.69 Å². The van der Waals surface area contributed by atoms with Crippen LogP contribution >= 0.6 is 0 Å². The molecular formula is C17H19F3N4O. The first-order chi connectivity index (χ1) is 11.9. The van der Waals surface area contributed by atoms with Gasteiger partial charge in [-0.05, 0) is 44.2 Å². The van der Waals surface area contributed by atoms with E-state index >= 15 is 0 Å². The maximum Gasteiger partial charge on any atom is 0.435 e. The van der Waals surface area contributed by atoms with Crippen LogP contribution < -0.4 is 5.32 Å². The number of likely N-dealkylation sites (N-methyl/N-ethyl adjacent to an activating group) is 1. The smallest absolute Gasteiger partial charge is 0.337 e. The number of aromatic nitrogens is 2. The summed E-state index contributed by atoms with van der Waals surface area (Å²) in [6.45, 7) is 1.31. The normalized spacial score (nSPS) is 18.4. The van der Waals surface area contributed by atoms with Crippen LogP contribution in [0.1, 0.15) is 28.9 Å². The Hall–Kier alpha value is -2.35. The van der Waals surface area contributed by atoms with E-state index in [0.29, 0.717) is 24.3 Å². The number of halogens is 3. The highest BCUT2D eigenvalue weighted by atomic mass is 19.4. The maximum atomic E-state index is 12.7.